The second kappa shape index (κ2) is 7.55. The van der Waals surface area contributed by atoms with Crippen molar-refractivity contribution in [2.24, 2.45) is 17.8 Å². The van der Waals surface area contributed by atoms with Crippen LogP contribution in [0.15, 0.2) is 17.3 Å². The molecule has 0 saturated carbocycles. The first kappa shape index (κ1) is 18.1. The molecule has 0 unspecified atom stereocenters. The predicted octanol–water partition coefficient (Wildman–Crippen LogP) is 0.830. The molecule has 0 spiro atoms. The summed E-state index contributed by atoms with van der Waals surface area (Å²) in [5, 5.41) is 4.13. The molecule has 1 saturated heterocycles. The Morgan fingerprint density at radius 2 is 1.92 bits per heavy atom. The van der Waals surface area contributed by atoms with Gasteiger partial charge in [0, 0.05) is 58.1 Å². The number of hydrogen-bond donors (Lipinski definition) is 1. The van der Waals surface area contributed by atoms with Gasteiger partial charge in [-0.25, -0.2) is 4.79 Å². The zero-order chi connectivity index (χ0) is 17.7. The first-order valence-corrected chi connectivity index (χ1v) is 8.26. The number of nitrogens with two attached hydrogens (primary N) is 1. The molecule has 0 aromatic carbocycles. The lowest BCUT2D eigenvalue weighted by atomic mass is 10.2. The van der Waals surface area contributed by atoms with Gasteiger partial charge in [-0.15, -0.1) is 0 Å². The number of carbonyl (C=O) groups excluding carboxylic acids is 1. The molecular formula is C16H28N6O2. The molecule has 0 radical (unpaired) electrons. The van der Waals surface area contributed by atoms with Crippen LogP contribution in [0.1, 0.15) is 26.5 Å². The summed E-state index contributed by atoms with van der Waals surface area (Å²) >= 11 is 0. The van der Waals surface area contributed by atoms with Gasteiger partial charge in [0.15, 0.2) is 5.96 Å². The van der Waals surface area contributed by atoms with E-state index in [0.717, 1.165) is 12.1 Å². The Balaban J connectivity index is 1.77. The number of nitrogens with zero attached hydrogens (tertiary/aromatic N) is 5. The fraction of sp³-hybridized carbons (Fsp3) is 0.688. The first-order chi connectivity index (χ1) is 11.3. The third-order valence-electron chi connectivity index (χ3n) is 3.82. The number of rotatable bonds is 3. The average molecular weight is 336 g/mol. The van der Waals surface area contributed by atoms with Gasteiger partial charge in [0.1, 0.15) is 5.60 Å². The largest absolute Gasteiger partial charge is 0.444 e. The van der Waals surface area contributed by atoms with E-state index in [1.165, 1.54) is 0 Å². The van der Waals surface area contributed by atoms with Crippen LogP contribution in [0, 0.1) is 0 Å². The molecule has 2 N–H and O–H groups in total. The van der Waals surface area contributed by atoms with E-state index in [0.29, 0.717) is 38.7 Å². The summed E-state index contributed by atoms with van der Waals surface area (Å²) in [5.74, 6) is 0.529. The maximum atomic E-state index is 12.0. The molecule has 0 aliphatic carbocycles. The van der Waals surface area contributed by atoms with Crippen molar-refractivity contribution in [2.75, 3.05) is 32.7 Å². The van der Waals surface area contributed by atoms with Crippen molar-refractivity contribution in [1.29, 1.82) is 0 Å². The van der Waals surface area contributed by atoms with E-state index in [2.05, 4.69) is 10.1 Å². The SMILES string of the molecule is Cn1nccc1CCN=C(N)N1CCN(C(=O)OC(C)(C)C)CC1. The molecule has 24 heavy (non-hydrogen) atoms. The minimum atomic E-state index is -0.472. The van der Waals surface area contributed by atoms with Crippen LogP contribution >= 0.6 is 0 Å². The van der Waals surface area contributed by atoms with E-state index in [4.69, 9.17) is 10.5 Å². The van der Waals surface area contributed by atoms with Crippen LogP contribution in [-0.4, -0.2) is 70.0 Å². The number of amides is 1. The third kappa shape index (κ3) is 5.14. The molecule has 2 heterocycles. The summed E-state index contributed by atoms with van der Waals surface area (Å²) in [6.45, 7) is 8.74. The molecule has 1 aliphatic heterocycles. The number of aliphatic imine (C=N–C) groups is 1. The molecule has 2 rings (SSSR count). The van der Waals surface area contributed by atoms with Crippen LogP contribution in [0.5, 0.6) is 0 Å². The zero-order valence-electron chi connectivity index (χ0n) is 15.0. The summed E-state index contributed by atoms with van der Waals surface area (Å²) in [5.41, 5.74) is 6.72. The van der Waals surface area contributed by atoms with Crippen molar-refractivity contribution in [3.63, 3.8) is 0 Å². The van der Waals surface area contributed by atoms with Crippen molar-refractivity contribution in [1.82, 2.24) is 19.6 Å². The fourth-order valence-electron chi connectivity index (χ4n) is 2.48. The van der Waals surface area contributed by atoms with Gasteiger partial charge < -0.3 is 20.3 Å². The smallest absolute Gasteiger partial charge is 0.410 e. The third-order valence-corrected chi connectivity index (χ3v) is 3.82. The van der Waals surface area contributed by atoms with E-state index < -0.39 is 5.60 Å². The van der Waals surface area contributed by atoms with E-state index >= 15 is 0 Å². The number of ether oxygens (including phenoxy) is 1. The Kier molecular flexibility index (Phi) is 5.69. The van der Waals surface area contributed by atoms with Gasteiger partial charge in [0.2, 0.25) is 0 Å². The minimum absolute atomic E-state index is 0.270. The van der Waals surface area contributed by atoms with Crippen LogP contribution in [0.3, 0.4) is 0 Å². The molecule has 1 fully saturated rings. The topological polar surface area (TPSA) is 89.0 Å². The molecule has 1 aliphatic rings. The van der Waals surface area contributed by atoms with E-state index in [1.54, 1.807) is 11.1 Å². The predicted molar refractivity (Wildman–Crippen MR) is 92.8 cm³/mol. The van der Waals surface area contributed by atoms with Gasteiger partial charge in [0.25, 0.3) is 0 Å². The standard InChI is InChI=1S/C16H28N6O2/c1-16(2,3)24-15(23)22-11-9-21(10-12-22)14(17)18-7-5-13-6-8-19-20(13)4/h6,8H,5,7,9-12H2,1-4H3,(H2,17,18). The number of aromatic nitrogens is 2. The zero-order valence-corrected chi connectivity index (χ0v) is 15.0. The number of piperazine rings is 1. The van der Waals surface area contributed by atoms with Crippen LogP contribution in [0.2, 0.25) is 0 Å². The van der Waals surface area contributed by atoms with Crippen LogP contribution < -0.4 is 5.73 Å². The maximum absolute atomic E-state index is 12.0. The molecule has 1 aromatic rings. The molecule has 1 aromatic heterocycles. The molecule has 8 heteroatoms. The summed E-state index contributed by atoms with van der Waals surface area (Å²) in [7, 11) is 1.91. The van der Waals surface area contributed by atoms with Crippen LogP contribution in [0.4, 0.5) is 4.79 Å². The van der Waals surface area contributed by atoms with Crippen LogP contribution in [-0.2, 0) is 18.2 Å². The number of carbonyl (C=O) groups is 1. The Morgan fingerprint density at radius 1 is 1.29 bits per heavy atom. The van der Waals surface area contributed by atoms with Crippen molar-refractivity contribution >= 4 is 12.1 Å². The highest BCUT2D eigenvalue weighted by atomic mass is 16.6. The Morgan fingerprint density at radius 3 is 2.46 bits per heavy atom. The van der Waals surface area contributed by atoms with Gasteiger partial charge in [-0.05, 0) is 26.8 Å². The quantitative estimate of drug-likeness (QED) is 0.652. The maximum Gasteiger partial charge on any atom is 0.410 e. The normalized spacial score (nSPS) is 16.4. The van der Waals surface area contributed by atoms with Gasteiger partial charge in [0.05, 0.1) is 0 Å². The highest BCUT2D eigenvalue weighted by Gasteiger charge is 2.26. The highest BCUT2D eigenvalue weighted by molar-refractivity contribution is 5.78. The van der Waals surface area contributed by atoms with Crippen molar-refractivity contribution in [3.05, 3.63) is 18.0 Å². The number of aryl methyl sites for hydroxylation is 1. The highest BCUT2D eigenvalue weighted by Crippen LogP contribution is 2.11. The summed E-state index contributed by atoms with van der Waals surface area (Å²) in [6, 6.07) is 1.98. The number of hydrogen-bond acceptors (Lipinski definition) is 4. The van der Waals surface area contributed by atoms with Crippen molar-refractivity contribution in [3.8, 4) is 0 Å². The fourth-order valence-corrected chi connectivity index (χ4v) is 2.48. The van der Waals surface area contributed by atoms with Crippen molar-refractivity contribution in [2.45, 2.75) is 32.8 Å². The van der Waals surface area contributed by atoms with Gasteiger partial charge in [-0.2, -0.15) is 5.10 Å². The van der Waals surface area contributed by atoms with Crippen LogP contribution in [0.25, 0.3) is 0 Å². The second-order valence-electron chi connectivity index (χ2n) is 6.89. The molecule has 8 nitrogen and oxygen atoms in total. The van der Waals surface area contributed by atoms with Crippen molar-refractivity contribution < 1.29 is 9.53 Å². The Labute approximate surface area is 143 Å². The van der Waals surface area contributed by atoms with Gasteiger partial charge in [-0.1, -0.05) is 0 Å². The van der Waals surface area contributed by atoms with E-state index in [-0.39, 0.29) is 6.09 Å². The number of guanidine groups is 1. The van der Waals surface area contributed by atoms with E-state index in [9.17, 15) is 4.79 Å². The lowest BCUT2D eigenvalue weighted by Gasteiger charge is -2.36. The minimum Gasteiger partial charge on any atom is -0.444 e. The monoisotopic (exact) mass is 336 g/mol. The molecule has 134 valence electrons. The lowest BCUT2D eigenvalue weighted by Crippen LogP contribution is -2.53. The summed E-state index contributed by atoms with van der Waals surface area (Å²) in [4.78, 5) is 20.2. The van der Waals surface area contributed by atoms with Gasteiger partial charge >= 0.3 is 6.09 Å². The lowest BCUT2D eigenvalue weighted by molar-refractivity contribution is 0.0186. The van der Waals surface area contributed by atoms with E-state index in [1.807, 2.05) is 43.5 Å². The Bertz CT molecular complexity index is 582. The summed E-state index contributed by atoms with van der Waals surface area (Å²) in [6.07, 6.45) is 2.31. The van der Waals surface area contributed by atoms with Gasteiger partial charge in [-0.3, -0.25) is 9.67 Å². The average Bonchev–Trinajstić information content (AvgIpc) is 2.91. The molecule has 0 atom stereocenters. The first-order valence-electron chi connectivity index (χ1n) is 8.26. The second-order valence-corrected chi connectivity index (χ2v) is 6.89. The summed E-state index contributed by atoms with van der Waals surface area (Å²) < 4.78 is 7.23. The molecule has 1 amide bonds. The molecule has 0 bridgehead atoms. The molecular weight excluding hydrogens is 308 g/mol. The Hall–Kier alpha value is -2.25.